The van der Waals surface area contributed by atoms with Crippen LogP contribution in [0.3, 0.4) is 0 Å². The Balaban J connectivity index is 2.59. The van der Waals surface area contributed by atoms with Gasteiger partial charge in [-0.2, -0.15) is 0 Å². The average molecular weight is 378 g/mol. The number of Topliss-reactive ketones (excluding diaryl/α,β-unsaturated/α-hetero) is 1. The van der Waals surface area contributed by atoms with Crippen LogP contribution >= 0.6 is 0 Å². The quantitative estimate of drug-likeness (QED) is 0.571. The van der Waals surface area contributed by atoms with E-state index in [9.17, 15) is 24.3 Å². The van der Waals surface area contributed by atoms with Gasteiger partial charge in [-0.3, -0.25) is 14.4 Å². The topological polar surface area (TPSA) is 107 Å². The van der Waals surface area contributed by atoms with Gasteiger partial charge in [-0.15, -0.1) is 0 Å². The standard InChI is InChI=1S/C20H26O7/c1-6-8-15(22)20(25)12(5)14(21)9-13-11(4)19(24)26-16(13)17(20)27-18(23)10(3)7-2/h6,8,10,12-13,16-17,25H,4,7,9H2,1-3,5H3/b8-6+/t10-,12-,13-,16+,17-,20+/m0/s1. The molecule has 1 aliphatic heterocycles. The molecule has 0 unspecified atom stereocenters. The first-order valence-corrected chi connectivity index (χ1v) is 9.11. The minimum Gasteiger partial charge on any atom is -0.455 e. The number of allylic oxidation sites excluding steroid dienone is 1. The molecule has 2 aliphatic rings. The van der Waals surface area contributed by atoms with Crippen LogP contribution in [0.15, 0.2) is 24.3 Å². The lowest BCUT2D eigenvalue weighted by molar-refractivity contribution is -0.197. The van der Waals surface area contributed by atoms with Crippen molar-refractivity contribution in [3.05, 3.63) is 24.3 Å². The molecular weight excluding hydrogens is 352 g/mol. The van der Waals surface area contributed by atoms with E-state index in [4.69, 9.17) is 9.47 Å². The molecule has 1 saturated heterocycles. The van der Waals surface area contributed by atoms with Gasteiger partial charge in [0.25, 0.3) is 0 Å². The molecule has 0 aromatic rings. The first-order valence-electron chi connectivity index (χ1n) is 9.11. The third kappa shape index (κ3) is 3.48. The predicted molar refractivity (Wildman–Crippen MR) is 95.4 cm³/mol. The summed E-state index contributed by atoms with van der Waals surface area (Å²) < 4.78 is 10.8. The largest absolute Gasteiger partial charge is 0.455 e. The van der Waals surface area contributed by atoms with Crippen LogP contribution in [-0.2, 0) is 28.7 Å². The van der Waals surface area contributed by atoms with Crippen LogP contribution in [0, 0.1) is 17.8 Å². The van der Waals surface area contributed by atoms with Crippen molar-refractivity contribution in [3.8, 4) is 0 Å². The normalized spacial score (nSPS) is 34.8. The van der Waals surface area contributed by atoms with Gasteiger partial charge < -0.3 is 14.6 Å². The fraction of sp³-hybridized carbons (Fsp3) is 0.600. The highest BCUT2D eigenvalue weighted by Crippen LogP contribution is 2.43. The number of esters is 2. The average Bonchev–Trinajstić information content (AvgIpc) is 2.87. The summed E-state index contributed by atoms with van der Waals surface area (Å²) in [5.41, 5.74) is -2.26. The molecule has 7 nitrogen and oxygen atoms in total. The van der Waals surface area contributed by atoms with Crippen molar-refractivity contribution >= 4 is 23.5 Å². The molecule has 2 fully saturated rings. The van der Waals surface area contributed by atoms with Gasteiger partial charge in [0.15, 0.2) is 17.5 Å². The van der Waals surface area contributed by atoms with E-state index in [1.54, 1.807) is 20.8 Å². The summed E-state index contributed by atoms with van der Waals surface area (Å²) in [4.78, 5) is 49.9. The molecule has 0 bridgehead atoms. The SMILES string of the molecule is C=C1C(=O)O[C@@H]2[C@H]1CC(=O)[C@H](C)[C@@](O)(C(=O)/C=C/C)[C@H]2OC(=O)[C@@H](C)CC. The number of fused-ring (bicyclic) bond motifs is 1. The van der Waals surface area contributed by atoms with Crippen LogP contribution in [0.1, 0.15) is 40.5 Å². The van der Waals surface area contributed by atoms with Gasteiger partial charge in [0.1, 0.15) is 11.9 Å². The minimum absolute atomic E-state index is 0.0767. The zero-order chi connectivity index (χ0) is 20.5. The molecule has 0 aromatic carbocycles. The minimum atomic E-state index is -2.34. The van der Waals surface area contributed by atoms with Crippen molar-refractivity contribution < 1.29 is 33.8 Å². The molecule has 0 amide bonds. The Kier molecular flexibility index (Phi) is 6.04. The maximum absolute atomic E-state index is 12.8. The summed E-state index contributed by atoms with van der Waals surface area (Å²) in [7, 11) is 0. The lowest BCUT2D eigenvalue weighted by Crippen LogP contribution is -2.60. The van der Waals surface area contributed by atoms with Crippen LogP contribution in [-0.4, -0.2) is 46.4 Å². The van der Waals surface area contributed by atoms with Crippen LogP contribution in [0.5, 0.6) is 0 Å². The van der Waals surface area contributed by atoms with Gasteiger partial charge in [0.2, 0.25) is 0 Å². The Morgan fingerprint density at radius 1 is 1.44 bits per heavy atom. The van der Waals surface area contributed by atoms with Crippen LogP contribution < -0.4 is 0 Å². The number of carbonyl (C=O) groups excluding carboxylic acids is 4. The van der Waals surface area contributed by atoms with Gasteiger partial charge in [-0.25, -0.2) is 4.79 Å². The summed E-state index contributed by atoms with van der Waals surface area (Å²) in [6, 6.07) is 0. The van der Waals surface area contributed by atoms with Crippen LogP contribution in [0.4, 0.5) is 0 Å². The Bertz CT molecular complexity index is 707. The Hall–Kier alpha value is -2.28. The summed E-state index contributed by atoms with van der Waals surface area (Å²) in [6.45, 7) is 10.1. The fourth-order valence-corrected chi connectivity index (χ4v) is 3.48. The van der Waals surface area contributed by atoms with E-state index in [0.717, 1.165) is 6.08 Å². The molecule has 0 spiro atoms. The molecule has 6 atom stereocenters. The number of rotatable bonds is 5. The van der Waals surface area contributed by atoms with E-state index in [1.165, 1.54) is 13.0 Å². The highest BCUT2D eigenvalue weighted by atomic mass is 16.6. The first-order chi connectivity index (χ1) is 12.6. The lowest BCUT2D eigenvalue weighted by atomic mass is 9.77. The summed E-state index contributed by atoms with van der Waals surface area (Å²) >= 11 is 0. The Morgan fingerprint density at radius 3 is 2.63 bits per heavy atom. The maximum atomic E-state index is 12.8. The van der Waals surface area contributed by atoms with E-state index in [1.807, 2.05) is 0 Å². The summed E-state index contributed by atoms with van der Waals surface area (Å²) in [5, 5.41) is 11.4. The highest BCUT2D eigenvalue weighted by molar-refractivity contribution is 6.03. The van der Waals surface area contributed by atoms with Crippen molar-refractivity contribution in [2.24, 2.45) is 17.8 Å². The Morgan fingerprint density at radius 2 is 2.07 bits per heavy atom. The van der Waals surface area contributed by atoms with Gasteiger partial charge in [0.05, 0.1) is 11.8 Å². The Labute approximate surface area is 158 Å². The predicted octanol–water partition coefficient (Wildman–Crippen LogP) is 1.53. The second-order valence-corrected chi connectivity index (χ2v) is 7.25. The van der Waals surface area contributed by atoms with Crippen molar-refractivity contribution in [1.82, 2.24) is 0 Å². The number of aliphatic hydroxyl groups is 1. The van der Waals surface area contributed by atoms with Crippen molar-refractivity contribution in [3.63, 3.8) is 0 Å². The van der Waals surface area contributed by atoms with Crippen LogP contribution in [0.25, 0.3) is 0 Å². The van der Waals surface area contributed by atoms with Gasteiger partial charge in [-0.05, 0) is 19.4 Å². The van der Waals surface area contributed by atoms with E-state index < -0.39 is 59.1 Å². The van der Waals surface area contributed by atoms with E-state index in [2.05, 4.69) is 6.58 Å². The van der Waals surface area contributed by atoms with E-state index in [-0.39, 0.29) is 12.0 Å². The van der Waals surface area contributed by atoms with Crippen molar-refractivity contribution in [1.29, 1.82) is 0 Å². The molecule has 0 radical (unpaired) electrons. The maximum Gasteiger partial charge on any atom is 0.334 e. The summed E-state index contributed by atoms with van der Waals surface area (Å²) in [5.74, 6) is -4.95. The zero-order valence-electron chi connectivity index (χ0n) is 16.1. The number of hydrogen-bond donors (Lipinski definition) is 1. The van der Waals surface area contributed by atoms with Gasteiger partial charge in [-0.1, -0.05) is 33.4 Å². The second-order valence-electron chi connectivity index (χ2n) is 7.25. The molecule has 1 aliphatic carbocycles. The molecule has 0 aromatic heterocycles. The smallest absolute Gasteiger partial charge is 0.334 e. The van der Waals surface area contributed by atoms with E-state index >= 15 is 0 Å². The number of ether oxygens (including phenoxy) is 2. The molecular formula is C20H26O7. The molecule has 27 heavy (non-hydrogen) atoms. The zero-order valence-corrected chi connectivity index (χ0v) is 16.1. The molecule has 2 rings (SSSR count). The van der Waals surface area contributed by atoms with Gasteiger partial charge >= 0.3 is 11.9 Å². The third-order valence-electron chi connectivity index (χ3n) is 5.62. The molecule has 1 saturated carbocycles. The molecule has 148 valence electrons. The molecule has 1 heterocycles. The third-order valence-corrected chi connectivity index (χ3v) is 5.62. The number of carbonyl (C=O) groups is 4. The molecule has 7 heteroatoms. The number of hydrogen-bond acceptors (Lipinski definition) is 7. The van der Waals surface area contributed by atoms with Crippen molar-refractivity contribution in [2.45, 2.75) is 58.3 Å². The lowest BCUT2D eigenvalue weighted by Gasteiger charge is -2.38. The monoisotopic (exact) mass is 378 g/mol. The highest BCUT2D eigenvalue weighted by Gasteiger charge is 2.62. The van der Waals surface area contributed by atoms with Crippen LogP contribution in [0.2, 0.25) is 0 Å². The van der Waals surface area contributed by atoms with Gasteiger partial charge in [0, 0.05) is 17.9 Å². The summed E-state index contributed by atoms with van der Waals surface area (Å²) in [6.07, 6.45) is 0.261. The van der Waals surface area contributed by atoms with E-state index in [0.29, 0.717) is 6.42 Å². The van der Waals surface area contributed by atoms with Crippen molar-refractivity contribution in [2.75, 3.05) is 0 Å². The molecule has 1 N–H and O–H groups in total. The second kappa shape index (κ2) is 7.76. The fourth-order valence-electron chi connectivity index (χ4n) is 3.48. The first kappa shape index (κ1) is 21.0. The number of ketones is 2.